The minimum absolute atomic E-state index is 0.337. The van der Waals surface area contributed by atoms with E-state index in [9.17, 15) is 24.0 Å². The quantitative estimate of drug-likeness (QED) is 0.248. The third kappa shape index (κ3) is 10.5. The molecule has 0 aliphatic carbocycles. The second kappa shape index (κ2) is 15.4. The van der Waals surface area contributed by atoms with E-state index in [4.69, 9.17) is 40.0 Å². The molecule has 13 heteroatoms. The van der Waals surface area contributed by atoms with Gasteiger partial charge in [0.1, 0.15) is 18.8 Å². The zero-order chi connectivity index (χ0) is 38.0. The molecule has 0 saturated carbocycles. The molecule has 0 radical (unpaired) electrons. The number of hydrogen-bond acceptors (Lipinski definition) is 12. The Kier molecular flexibility index (Phi) is 12.6. The number of rotatable bonds is 9. The molecule has 0 aromatic heterocycles. The molecule has 1 fully saturated rings. The lowest BCUT2D eigenvalue weighted by molar-refractivity contribution is -0.266. The van der Waals surface area contributed by atoms with Gasteiger partial charge < -0.3 is 28.4 Å². The molecule has 7 atom stereocenters. The maximum atomic E-state index is 13.6. The standard InChI is InChI=1S/C37H52ClNO11/c1-34(2,3)30(41)45-19-23-26(48-31(42)35(4,5)6)27(49-32(43)36(7,8)9)28(50-33(44)37(10,11)12)29(47-23)39-25(22-17-18-24(40)46-22)20-15-13-14-16-21(20)38/h13-18,22-23,25-29,39H,19H2,1-12H3/t22-,23+,25+,26-,27-,28+,29+/m0/s1. The second-order valence-electron chi connectivity index (χ2n) is 16.7. The van der Waals surface area contributed by atoms with Gasteiger partial charge in [0, 0.05) is 11.1 Å². The molecule has 0 unspecified atom stereocenters. The van der Waals surface area contributed by atoms with Gasteiger partial charge in [0.15, 0.2) is 24.5 Å². The van der Waals surface area contributed by atoms with Crippen LogP contribution in [-0.2, 0) is 52.4 Å². The van der Waals surface area contributed by atoms with Gasteiger partial charge in [-0.25, -0.2) is 4.79 Å². The summed E-state index contributed by atoms with van der Waals surface area (Å²) in [4.78, 5) is 65.8. The normalized spacial score (nSPS) is 24.9. The zero-order valence-electron chi connectivity index (χ0n) is 31.1. The highest BCUT2D eigenvalue weighted by molar-refractivity contribution is 6.31. The molecule has 278 valence electrons. The van der Waals surface area contributed by atoms with E-state index in [2.05, 4.69) is 5.32 Å². The van der Waals surface area contributed by atoms with Crippen LogP contribution in [0.15, 0.2) is 36.4 Å². The third-order valence-electron chi connectivity index (χ3n) is 7.78. The molecule has 2 aliphatic rings. The van der Waals surface area contributed by atoms with Crippen molar-refractivity contribution >= 4 is 41.4 Å². The molecule has 1 N–H and O–H groups in total. The van der Waals surface area contributed by atoms with Crippen LogP contribution in [0.25, 0.3) is 0 Å². The maximum absolute atomic E-state index is 13.6. The largest absolute Gasteiger partial charge is 0.462 e. The topological polar surface area (TPSA) is 153 Å². The average Bonchev–Trinajstić information content (AvgIpc) is 3.41. The Labute approximate surface area is 299 Å². The molecule has 1 aromatic rings. The number of hydrogen-bond donors (Lipinski definition) is 1. The number of esters is 5. The number of ether oxygens (including phenoxy) is 6. The predicted molar refractivity (Wildman–Crippen MR) is 183 cm³/mol. The highest BCUT2D eigenvalue weighted by Gasteiger charge is 2.55. The summed E-state index contributed by atoms with van der Waals surface area (Å²) in [5, 5.41) is 3.63. The molecule has 0 amide bonds. The molecule has 50 heavy (non-hydrogen) atoms. The lowest BCUT2D eigenvalue weighted by Crippen LogP contribution is -2.67. The van der Waals surface area contributed by atoms with E-state index in [0.717, 1.165) is 0 Å². The first-order valence-corrected chi connectivity index (χ1v) is 17.0. The molecule has 12 nitrogen and oxygen atoms in total. The Bertz CT molecular complexity index is 1460. The first kappa shape index (κ1) is 40.9. The average molecular weight is 722 g/mol. The summed E-state index contributed by atoms with van der Waals surface area (Å²) < 4.78 is 36.0. The molecule has 1 saturated heterocycles. The number of benzene rings is 1. The fraction of sp³-hybridized carbons (Fsp3) is 0.649. The van der Waals surface area contributed by atoms with E-state index in [0.29, 0.717) is 10.6 Å². The van der Waals surface area contributed by atoms with Gasteiger partial charge in [-0.15, -0.1) is 0 Å². The highest BCUT2D eigenvalue weighted by Crippen LogP contribution is 2.36. The minimum atomic E-state index is -1.46. The van der Waals surface area contributed by atoms with E-state index >= 15 is 0 Å². The molecular formula is C37H52ClNO11. The van der Waals surface area contributed by atoms with Gasteiger partial charge in [-0.3, -0.25) is 24.5 Å². The maximum Gasteiger partial charge on any atom is 0.331 e. The van der Waals surface area contributed by atoms with Crippen molar-refractivity contribution in [3.63, 3.8) is 0 Å². The van der Waals surface area contributed by atoms with E-state index in [1.54, 1.807) is 113 Å². The minimum Gasteiger partial charge on any atom is -0.462 e. The van der Waals surface area contributed by atoms with Crippen molar-refractivity contribution in [2.75, 3.05) is 6.61 Å². The number of carbonyl (C=O) groups is 5. The van der Waals surface area contributed by atoms with Crippen LogP contribution in [0.3, 0.4) is 0 Å². The van der Waals surface area contributed by atoms with Crippen molar-refractivity contribution in [1.29, 1.82) is 0 Å². The zero-order valence-corrected chi connectivity index (χ0v) is 31.8. The Morgan fingerprint density at radius 3 is 1.68 bits per heavy atom. The molecule has 0 spiro atoms. The summed E-state index contributed by atoms with van der Waals surface area (Å²) in [5.74, 6) is -3.16. The van der Waals surface area contributed by atoms with Crippen LogP contribution in [0.5, 0.6) is 0 Å². The second-order valence-corrected chi connectivity index (χ2v) is 17.1. The van der Waals surface area contributed by atoms with Gasteiger partial charge in [-0.1, -0.05) is 29.8 Å². The molecular weight excluding hydrogens is 670 g/mol. The van der Waals surface area contributed by atoms with Crippen molar-refractivity contribution in [3.05, 3.63) is 47.0 Å². The monoisotopic (exact) mass is 721 g/mol. The summed E-state index contributed by atoms with van der Waals surface area (Å²) in [6, 6.07) is 6.00. The highest BCUT2D eigenvalue weighted by atomic mass is 35.5. The first-order valence-electron chi connectivity index (χ1n) is 16.7. The lowest BCUT2D eigenvalue weighted by Gasteiger charge is -2.47. The Morgan fingerprint density at radius 1 is 0.740 bits per heavy atom. The third-order valence-corrected chi connectivity index (χ3v) is 8.12. The fourth-order valence-electron chi connectivity index (χ4n) is 4.69. The van der Waals surface area contributed by atoms with Crippen LogP contribution in [0, 0.1) is 21.7 Å². The van der Waals surface area contributed by atoms with Gasteiger partial charge in [-0.05, 0) is 101 Å². The van der Waals surface area contributed by atoms with E-state index in [-0.39, 0.29) is 0 Å². The van der Waals surface area contributed by atoms with Crippen molar-refractivity contribution in [1.82, 2.24) is 5.32 Å². The van der Waals surface area contributed by atoms with Crippen molar-refractivity contribution < 1.29 is 52.4 Å². The lowest BCUT2D eigenvalue weighted by atomic mass is 9.92. The predicted octanol–water partition coefficient (Wildman–Crippen LogP) is 5.64. The van der Waals surface area contributed by atoms with E-state index in [1.165, 1.54) is 6.08 Å². The van der Waals surface area contributed by atoms with Gasteiger partial charge in [0.2, 0.25) is 0 Å². The van der Waals surface area contributed by atoms with Crippen molar-refractivity contribution in [3.8, 4) is 0 Å². The van der Waals surface area contributed by atoms with Gasteiger partial charge in [-0.2, -0.15) is 0 Å². The van der Waals surface area contributed by atoms with Gasteiger partial charge in [0.05, 0.1) is 27.7 Å². The van der Waals surface area contributed by atoms with Crippen LogP contribution in [-0.4, -0.2) is 73.2 Å². The molecule has 3 rings (SSSR count). The summed E-state index contributed by atoms with van der Waals surface area (Å²) in [7, 11) is 0. The summed E-state index contributed by atoms with van der Waals surface area (Å²) in [6.07, 6.45) is -4.91. The Morgan fingerprint density at radius 2 is 1.22 bits per heavy atom. The molecule has 0 bridgehead atoms. The molecule has 1 aromatic carbocycles. The Hall–Kier alpha value is -3.48. The van der Waals surface area contributed by atoms with Gasteiger partial charge >= 0.3 is 29.8 Å². The summed E-state index contributed by atoms with van der Waals surface area (Å²) in [6.45, 7) is 19.5. The number of carbonyl (C=O) groups excluding carboxylic acids is 5. The molecule has 2 aliphatic heterocycles. The number of cyclic esters (lactones) is 1. The van der Waals surface area contributed by atoms with Crippen LogP contribution in [0.2, 0.25) is 5.02 Å². The first-order chi connectivity index (χ1) is 22.8. The molecule has 2 heterocycles. The van der Waals surface area contributed by atoms with Crippen LogP contribution >= 0.6 is 11.6 Å². The Balaban J connectivity index is 2.24. The number of halogens is 1. The van der Waals surface area contributed by atoms with Crippen LogP contribution in [0.1, 0.15) is 94.7 Å². The SMILES string of the molecule is CC(C)(C)C(=O)OC[C@H]1O[C@@H](N[C@H](c2ccccc2Cl)[C@@H]2C=CC(=O)O2)[C@H](OC(=O)C(C)(C)C)[C@@H](OC(=O)C(C)(C)C)[C@H]1OC(=O)C(C)(C)C. The van der Waals surface area contributed by atoms with Crippen molar-refractivity contribution in [2.24, 2.45) is 21.7 Å². The van der Waals surface area contributed by atoms with Crippen LogP contribution in [0.4, 0.5) is 0 Å². The van der Waals surface area contributed by atoms with Crippen molar-refractivity contribution in [2.45, 2.75) is 126 Å². The van der Waals surface area contributed by atoms with Gasteiger partial charge in [0.25, 0.3) is 0 Å². The fourth-order valence-corrected chi connectivity index (χ4v) is 4.95. The van der Waals surface area contributed by atoms with E-state index in [1.807, 2.05) is 0 Å². The van der Waals surface area contributed by atoms with Crippen LogP contribution < -0.4 is 5.32 Å². The summed E-state index contributed by atoms with van der Waals surface area (Å²) >= 11 is 6.64. The number of nitrogens with one attached hydrogen (secondary N) is 1. The summed E-state index contributed by atoms with van der Waals surface area (Å²) in [5.41, 5.74) is -3.43. The smallest absolute Gasteiger partial charge is 0.331 e. The van der Waals surface area contributed by atoms with E-state index < -0.39 is 101 Å².